The lowest BCUT2D eigenvalue weighted by molar-refractivity contribution is -0.0628. The van der Waals surface area contributed by atoms with Gasteiger partial charge in [-0.1, -0.05) is 115 Å². The fourth-order valence-electron chi connectivity index (χ4n) is 5.85. The first-order chi connectivity index (χ1) is 20.3. The van der Waals surface area contributed by atoms with Crippen LogP contribution in [0.4, 0.5) is 0 Å². The van der Waals surface area contributed by atoms with Crippen LogP contribution in [0.3, 0.4) is 0 Å². The van der Waals surface area contributed by atoms with Crippen LogP contribution in [0.1, 0.15) is 17.5 Å². The Kier molecular flexibility index (Phi) is 9.00. The predicted octanol–water partition coefficient (Wildman–Crippen LogP) is 6.90. The second-order valence-corrected chi connectivity index (χ2v) is 14.0. The molecular weight excluding hydrogens is 523 g/mol. The highest BCUT2D eigenvalue weighted by atomic mass is 31.2. The lowest BCUT2D eigenvalue weighted by Gasteiger charge is -2.32. The van der Waals surface area contributed by atoms with Crippen LogP contribution in [0.15, 0.2) is 152 Å². The minimum atomic E-state index is -2.22. The van der Waals surface area contributed by atoms with E-state index in [0.29, 0.717) is 19.8 Å². The van der Waals surface area contributed by atoms with Crippen LogP contribution in [-0.4, -0.2) is 24.7 Å². The van der Waals surface area contributed by atoms with Gasteiger partial charge in [-0.25, -0.2) is 0 Å². The van der Waals surface area contributed by atoms with Crippen LogP contribution in [0, 0.1) is 0 Å². The summed E-state index contributed by atoms with van der Waals surface area (Å²) in [6.45, 7) is 1.57. The van der Waals surface area contributed by atoms with Gasteiger partial charge < -0.3 is 14.2 Å². The van der Waals surface area contributed by atoms with E-state index in [4.69, 9.17) is 14.2 Å². The summed E-state index contributed by atoms with van der Waals surface area (Å²) >= 11 is 0. The van der Waals surface area contributed by atoms with Crippen molar-refractivity contribution in [3.63, 3.8) is 0 Å². The molecule has 1 aliphatic rings. The summed E-state index contributed by atoms with van der Waals surface area (Å²) in [6, 6.07) is 53.5. The van der Waals surface area contributed by atoms with Crippen molar-refractivity contribution < 1.29 is 14.2 Å². The first-order valence-electron chi connectivity index (χ1n) is 14.3. The fourth-order valence-corrected chi connectivity index (χ4v) is 10.5. The van der Waals surface area contributed by atoms with Crippen LogP contribution in [0.25, 0.3) is 0 Å². The third-order valence-corrected chi connectivity index (χ3v) is 12.3. The number of hydrogen-bond acceptors (Lipinski definition) is 3. The van der Waals surface area contributed by atoms with Crippen molar-refractivity contribution in [1.29, 1.82) is 0 Å². The molecule has 3 atom stereocenters. The average molecular weight is 560 g/mol. The van der Waals surface area contributed by atoms with Crippen molar-refractivity contribution in [2.75, 3.05) is 6.61 Å². The van der Waals surface area contributed by atoms with Gasteiger partial charge in [0.1, 0.15) is 29.3 Å². The van der Waals surface area contributed by atoms with E-state index in [2.05, 4.69) is 127 Å². The van der Waals surface area contributed by atoms with Crippen molar-refractivity contribution in [2.45, 2.75) is 37.7 Å². The van der Waals surface area contributed by atoms with Gasteiger partial charge in [-0.3, -0.25) is 0 Å². The molecular formula is C37H36O3P+. The summed E-state index contributed by atoms with van der Waals surface area (Å²) in [6.07, 6.45) is 0.521. The molecule has 0 spiro atoms. The lowest BCUT2D eigenvalue weighted by Crippen LogP contribution is -2.39. The Hall–Kier alpha value is -3.59. The molecule has 0 unspecified atom stereocenters. The maximum Gasteiger partial charge on any atom is 0.184 e. The molecule has 0 aliphatic carbocycles. The van der Waals surface area contributed by atoms with Gasteiger partial charge in [0.15, 0.2) is 5.85 Å². The topological polar surface area (TPSA) is 27.7 Å². The Bertz CT molecular complexity index is 1370. The van der Waals surface area contributed by atoms with E-state index in [9.17, 15) is 0 Å². The zero-order valence-corrected chi connectivity index (χ0v) is 24.1. The average Bonchev–Trinajstić information content (AvgIpc) is 3.46. The molecule has 1 heterocycles. The summed E-state index contributed by atoms with van der Waals surface area (Å²) < 4.78 is 20.1. The third kappa shape index (κ3) is 6.20. The first kappa shape index (κ1) is 27.6. The van der Waals surface area contributed by atoms with Gasteiger partial charge in [0.05, 0.1) is 25.9 Å². The zero-order chi connectivity index (χ0) is 27.7. The van der Waals surface area contributed by atoms with Gasteiger partial charge in [0.25, 0.3) is 0 Å². The SMILES string of the molecule is c1ccc(COC[C@H]2O[C@H]([P+](c3ccccc3)(c3ccccc3)c3ccccc3)C[C@@H]2OCc2ccccc2)cc1. The van der Waals surface area contributed by atoms with Crippen molar-refractivity contribution in [3.05, 3.63) is 163 Å². The van der Waals surface area contributed by atoms with Crippen LogP contribution >= 0.6 is 7.26 Å². The molecule has 3 nitrogen and oxygen atoms in total. The smallest absolute Gasteiger partial charge is 0.184 e. The standard InChI is InChI=1S/C37H36O3P/c1-6-16-30(17-7-1)27-38-29-36-35(39-28-31-18-8-2-9-19-31)26-37(40-36)41(32-20-10-3-11-21-32,33-22-12-4-13-23-33)34-24-14-5-15-25-34/h1-25,35-37H,26-29H2/q+1/t35-,36+,37+/m0/s1. The molecule has 5 aromatic rings. The quantitative estimate of drug-likeness (QED) is 0.165. The first-order valence-corrected chi connectivity index (χ1v) is 16.2. The molecule has 6 rings (SSSR count). The number of benzene rings is 5. The summed E-state index contributed by atoms with van der Waals surface area (Å²) in [5, 5.41) is 3.94. The number of hydrogen-bond donors (Lipinski definition) is 0. The highest BCUT2D eigenvalue weighted by molar-refractivity contribution is 7.96. The summed E-state index contributed by atoms with van der Waals surface area (Å²) in [5.74, 6) is -0.0548. The Morgan fingerprint density at radius 3 is 1.41 bits per heavy atom. The van der Waals surface area contributed by atoms with E-state index in [0.717, 1.165) is 17.5 Å². The molecule has 5 aromatic carbocycles. The molecule has 0 saturated carbocycles. The van der Waals surface area contributed by atoms with Crippen molar-refractivity contribution in [1.82, 2.24) is 0 Å². The summed E-state index contributed by atoms with van der Waals surface area (Å²) in [5.41, 5.74) is 2.32. The summed E-state index contributed by atoms with van der Waals surface area (Å²) in [7, 11) is -2.22. The molecule has 0 bridgehead atoms. The van der Waals surface area contributed by atoms with Crippen LogP contribution in [0.2, 0.25) is 0 Å². The van der Waals surface area contributed by atoms with Gasteiger partial charge in [-0.2, -0.15) is 0 Å². The predicted molar refractivity (Wildman–Crippen MR) is 170 cm³/mol. The van der Waals surface area contributed by atoms with Gasteiger partial charge in [-0.05, 0) is 47.5 Å². The molecule has 0 radical (unpaired) electrons. The second-order valence-electron chi connectivity index (χ2n) is 10.4. The zero-order valence-electron chi connectivity index (χ0n) is 23.2. The van der Waals surface area contributed by atoms with E-state index in [-0.39, 0.29) is 18.1 Å². The lowest BCUT2D eigenvalue weighted by atomic mass is 10.2. The van der Waals surface area contributed by atoms with E-state index >= 15 is 0 Å². The maximum absolute atomic E-state index is 7.13. The number of ether oxygens (including phenoxy) is 3. The molecule has 0 N–H and O–H groups in total. The molecule has 4 heteroatoms. The maximum atomic E-state index is 7.13. The minimum Gasteiger partial charge on any atom is -0.374 e. The van der Waals surface area contributed by atoms with Crippen molar-refractivity contribution in [2.24, 2.45) is 0 Å². The highest BCUT2D eigenvalue weighted by Crippen LogP contribution is 2.63. The van der Waals surface area contributed by atoms with Crippen molar-refractivity contribution in [3.8, 4) is 0 Å². The third-order valence-electron chi connectivity index (χ3n) is 7.80. The Morgan fingerprint density at radius 2 is 0.951 bits per heavy atom. The highest BCUT2D eigenvalue weighted by Gasteiger charge is 2.58. The van der Waals surface area contributed by atoms with Crippen molar-refractivity contribution >= 4 is 23.2 Å². The molecule has 1 saturated heterocycles. The van der Waals surface area contributed by atoms with Gasteiger partial charge in [0.2, 0.25) is 0 Å². The Labute approximate surface area is 244 Å². The minimum absolute atomic E-state index is 0.0548. The summed E-state index contributed by atoms with van der Waals surface area (Å²) in [4.78, 5) is 0. The van der Waals surface area contributed by atoms with Crippen LogP contribution in [0.5, 0.6) is 0 Å². The molecule has 1 fully saturated rings. The molecule has 206 valence electrons. The normalized spacial score (nSPS) is 18.8. The van der Waals surface area contributed by atoms with Gasteiger partial charge in [0, 0.05) is 6.42 Å². The molecule has 1 aliphatic heterocycles. The largest absolute Gasteiger partial charge is 0.374 e. The Balaban J connectivity index is 1.36. The second kappa shape index (κ2) is 13.4. The molecule has 41 heavy (non-hydrogen) atoms. The monoisotopic (exact) mass is 559 g/mol. The van der Waals surface area contributed by atoms with Crippen LogP contribution < -0.4 is 15.9 Å². The number of rotatable bonds is 11. The van der Waals surface area contributed by atoms with E-state index in [1.54, 1.807) is 0 Å². The van der Waals surface area contributed by atoms with E-state index in [1.807, 2.05) is 24.3 Å². The molecule has 0 aromatic heterocycles. The van der Waals surface area contributed by atoms with Crippen LogP contribution in [-0.2, 0) is 27.4 Å². The molecule has 0 amide bonds. The van der Waals surface area contributed by atoms with E-state index in [1.165, 1.54) is 15.9 Å². The van der Waals surface area contributed by atoms with Gasteiger partial charge in [-0.15, -0.1) is 0 Å². The Morgan fingerprint density at radius 1 is 0.537 bits per heavy atom. The van der Waals surface area contributed by atoms with E-state index < -0.39 is 7.26 Å². The van der Waals surface area contributed by atoms with Gasteiger partial charge >= 0.3 is 0 Å². The fraction of sp³-hybridized carbons (Fsp3) is 0.189.